The van der Waals surface area contributed by atoms with Crippen molar-refractivity contribution in [2.45, 2.75) is 12.1 Å². The van der Waals surface area contributed by atoms with Gasteiger partial charge in [0.2, 0.25) is 0 Å². The maximum absolute atomic E-state index is 2.68. The van der Waals surface area contributed by atoms with Gasteiger partial charge in [0.15, 0.2) is 0 Å². The van der Waals surface area contributed by atoms with E-state index >= 15 is 0 Å². The number of hydrogen-bond acceptors (Lipinski definition) is 1. The molecule has 2 aliphatic heterocycles. The summed E-state index contributed by atoms with van der Waals surface area (Å²) in [5.41, 5.74) is 19.7. The lowest BCUT2D eigenvalue weighted by Crippen LogP contribution is -2.36. The summed E-state index contributed by atoms with van der Waals surface area (Å²) < 4.78 is 7.58. The zero-order valence-electron chi connectivity index (χ0n) is 34.7. The molecule has 3 aromatic heterocycles. The van der Waals surface area contributed by atoms with Crippen LogP contribution in [0.25, 0.3) is 105 Å². The smallest absolute Gasteiger partial charge is 0.0841 e. The van der Waals surface area contributed by atoms with Crippen LogP contribution in [0.4, 0.5) is 11.4 Å². The minimum Gasteiger partial charge on any atom is -0.330 e. The van der Waals surface area contributed by atoms with Crippen LogP contribution in [0.3, 0.4) is 0 Å². The zero-order chi connectivity index (χ0) is 41.6. The number of allylic oxidation sites excluding steroid dienone is 2. The summed E-state index contributed by atoms with van der Waals surface area (Å²) in [7, 11) is 0. The number of nitrogens with zero attached hydrogens (tertiary/aromatic N) is 4. The predicted octanol–water partition coefficient (Wildman–Crippen LogP) is 15.4. The lowest BCUT2D eigenvalue weighted by Gasteiger charge is -2.38. The maximum Gasteiger partial charge on any atom is 0.0841 e. The van der Waals surface area contributed by atoms with Gasteiger partial charge in [0.1, 0.15) is 0 Å². The predicted molar refractivity (Wildman–Crippen MR) is 268 cm³/mol. The van der Waals surface area contributed by atoms with E-state index in [1.165, 1.54) is 122 Å². The van der Waals surface area contributed by atoms with E-state index in [0.717, 1.165) is 0 Å². The quantitative estimate of drug-likeness (QED) is 0.170. The summed E-state index contributed by atoms with van der Waals surface area (Å²) >= 11 is 0. The van der Waals surface area contributed by atoms with Gasteiger partial charge >= 0.3 is 0 Å². The van der Waals surface area contributed by atoms with Gasteiger partial charge < -0.3 is 18.6 Å². The number of fused-ring (bicyclic) bond motifs is 18. The third-order valence-corrected chi connectivity index (χ3v) is 14.5. The highest BCUT2D eigenvalue weighted by Crippen LogP contribution is 2.56. The minimum absolute atomic E-state index is 0.0105. The average molecular weight is 815 g/mol. The molecule has 0 radical (unpaired) electrons. The standard InChI is InChI=1S/C60H38N4/c1-2-16-40-39(15-1)41-17-3-12-29-55(41)63-56-33-31-38(62-53-27-10-6-20-44(53)45-21-7-11-28-54(45)62)36-50(56)48-24-14-30-58(60(48)63)64-57-34-32-37(35-49(57)47-23-13-22-46(40)59(47)64)61-51-25-8-4-18-42(51)43-19-5-9-26-52(43)61/h1-36,58,60H. The first-order valence-corrected chi connectivity index (χ1v) is 22.3. The zero-order valence-corrected chi connectivity index (χ0v) is 34.7. The van der Waals surface area contributed by atoms with Crippen molar-refractivity contribution < 1.29 is 0 Å². The molecule has 15 rings (SSSR count). The van der Waals surface area contributed by atoms with Crippen LogP contribution < -0.4 is 4.90 Å². The molecule has 12 aromatic rings. The average Bonchev–Trinajstić information content (AvgIpc) is 4.09. The first-order chi connectivity index (χ1) is 31.8. The van der Waals surface area contributed by atoms with Crippen molar-refractivity contribution in [2.24, 2.45) is 0 Å². The Labute approximate surface area is 369 Å². The van der Waals surface area contributed by atoms with Gasteiger partial charge in [0.05, 0.1) is 39.7 Å². The van der Waals surface area contributed by atoms with Crippen LogP contribution in [0, 0.1) is 0 Å². The monoisotopic (exact) mass is 814 g/mol. The van der Waals surface area contributed by atoms with Crippen molar-refractivity contribution in [3.05, 3.63) is 224 Å². The van der Waals surface area contributed by atoms with Crippen LogP contribution >= 0.6 is 0 Å². The Morgan fingerprint density at radius 2 is 0.844 bits per heavy atom. The summed E-state index contributed by atoms with van der Waals surface area (Å²) in [4.78, 5) is 2.66. The molecule has 0 spiro atoms. The molecule has 0 bridgehead atoms. The van der Waals surface area contributed by atoms with Crippen molar-refractivity contribution >= 4 is 82.4 Å². The molecule has 1 aliphatic carbocycles. The van der Waals surface area contributed by atoms with Crippen molar-refractivity contribution in [3.63, 3.8) is 0 Å². The Balaban J connectivity index is 1.02. The Morgan fingerprint density at radius 1 is 0.344 bits per heavy atom. The lowest BCUT2D eigenvalue weighted by molar-refractivity contribution is 0.580. The fraction of sp³-hybridized carbons (Fsp3) is 0.0333. The van der Waals surface area contributed by atoms with E-state index in [-0.39, 0.29) is 12.1 Å². The van der Waals surface area contributed by atoms with Gasteiger partial charge in [-0.3, -0.25) is 0 Å². The Morgan fingerprint density at radius 3 is 1.50 bits per heavy atom. The van der Waals surface area contributed by atoms with Crippen molar-refractivity contribution in [1.29, 1.82) is 0 Å². The van der Waals surface area contributed by atoms with Gasteiger partial charge in [-0.15, -0.1) is 0 Å². The van der Waals surface area contributed by atoms with Crippen LogP contribution in [0.15, 0.2) is 218 Å². The molecule has 4 nitrogen and oxygen atoms in total. The van der Waals surface area contributed by atoms with E-state index in [1.807, 2.05) is 0 Å². The number of para-hydroxylation sites is 6. The Kier molecular flexibility index (Phi) is 6.76. The van der Waals surface area contributed by atoms with Crippen LogP contribution in [0.5, 0.6) is 0 Å². The third kappa shape index (κ3) is 4.41. The first-order valence-electron chi connectivity index (χ1n) is 22.3. The molecular formula is C60H38N4. The van der Waals surface area contributed by atoms with Gasteiger partial charge in [0.25, 0.3) is 0 Å². The van der Waals surface area contributed by atoms with Gasteiger partial charge in [-0.2, -0.15) is 0 Å². The maximum atomic E-state index is 2.68. The lowest BCUT2D eigenvalue weighted by atomic mass is 9.88. The molecule has 9 aromatic carbocycles. The van der Waals surface area contributed by atoms with E-state index in [2.05, 4.69) is 237 Å². The first kappa shape index (κ1) is 34.3. The summed E-state index contributed by atoms with van der Waals surface area (Å²) in [5.74, 6) is 0. The van der Waals surface area contributed by atoms with Crippen molar-refractivity contribution in [1.82, 2.24) is 13.7 Å². The van der Waals surface area contributed by atoms with Crippen LogP contribution in [0.1, 0.15) is 11.6 Å². The normalized spacial score (nSPS) is 16.1. The van der Waals surface area contributed by atoms with Gasteiger partial charge in [-0.25, -0.2) is 0 Å². The molecule has 2 unspecified atom stereocenters. The number of aromatic nitrogens is 3. The molecule has 3 aliphatic rings. The second kappa shape index (κ2) is 12.6. The molecule has 0 saturated carbocycles. The van der Waals surface area contributed by atoms with Gasteiger partial charge in [0, 0.05) is 77.3 Å². The molecular weight excluding hydrogens is 777 g/mol. The van der Waals surface area contributed by atoms with Gasteiger partial charge in [-0.1, -0.05) is 152 Å². The number of anilines is 2. The van der Waals surface area contributed by atoms with E-state index in [0.29, 0.717) is 0 Å². The molecule has 0 fully saturated rings. The molecule has 5 heterocycles. The van der Waals surface area contributed by atoms with Crippen LogP contribution in [-0.4, -0.2) is 19.7 Å². The van der Waals surface area contributed by atoms with E-state index in [9.17, 15) is 0 Å². The SMILES string of the molecule is C1=CC2C3C(=C1)c1cc(-n4c5ccccc5c5ccccc54)ccc1N3c1ccccc1-c1ccccc1-c1cccc3c4cc(-n5c6ccccc6c6ccccc65)ccc4n2c13. The number of hydrogen-bond donors (Lipinski definition) is 0. The van der Waals surface area contributed by atoms with Gasteiger partial charge in [-0.05, 0) is 83.4 Å². The van der Waals surface area contributed by atoms with E-state index in [1.54, 1.807) is 0 Å². The van der Waals surface area contributed by atoms with Crippen molar-refractivity contribution in [2.75, 3.05) is 4.90 Å². The molecule has 4 heteroatoms. The second-order valence-electron chi connectivity index (χ2n) is 17.6. The minimum atomic E-state index is -0.0253. The summed E-state index contributed by atoms with van der Waals surface area (Å²) in [6.45, 7) is 0. The van der Waals surface area contributed by atoms with Crippen LogP contribution in [-0.2, 0) is 0 Å². The van der Waals surface area contributed by atoms with Crippen LogP contribution in [0.2, 0.25) is 0 Å². The van der Waals surface area contributed by atoms with E-state index < -0.39 is 0 Å². The molecule has 2 atom stereocenters. The Hall–Kier alpha value is -8.34. The second-order valence-corrected chi connectivity index (χ2v) is 17.6. The van der Waals surface area contributed by atoms with E-state index in [4.69, 9.17) is 0 Å². The fourth-order valence-corrected chi connectivity index (χ4v) is 12.0. The molecule has 0 amide bonds. The summed E-state index contributed by atoms with van der Waals surface area (Å²) in [6, 6.07) is 74.6. The molecule has 298 valence electrons. The number of rotatable bonds is 2. The molecule has 0 saturated heterocycles. The third-order valence-electron chi connectivity index (χ3n) is 14.5. The highest BCUT2D eigenvalue weighted by Gasteiger charge is 2.43. The number of benzene rings is 9. The highest BCUT2D eigenvalue weighted by molar-refractivity contribution is 6.16. The Bertz CT molecular complexity index is 3950. The topological polar surface area (TPSA) is 18.0 Å². The summed E-state index contributed by atoms with van der Waals surface area (Å²) in [6.07, 6.45) is 7.15. The summed E-state index contributed by atoms with van der Waals surface area (Å²) in [5, 5.41) is 7.60. The van der Waals surface area contributed by atoms with Crippen molar-refractivity contribution in [3.8, 4) is 33.6 Å². The molecule has 64 heavy (non-hydrogen) atoms. The fourth-order valence-electron chi connectivity index (χ4n) is 12.0. The highest BCUT2D eigenvalue weighted by atomic mass is 15.2. The largest absolute Gasteiger partial charge is 0.330 e. The molecule has 0 N–H and O–H groups in total.